The fourth-order valence-corrected chi connectivity index (χ4v) is 1.43. The van der Waals surface area contributed by atoms with Gasteiger partial charge < -0.3 is 0 Å². The minimum Gasteiger partial charge on any atom is -0.257 e. The molecule has 0 bridgehead atoms. The number of pyridine rings is 1. The molecule has 0 saturated heterocycles. The van der Waals surface area contributed by atoms with E-state index in [0.717, 1.165) is 17.1 Å². The Balaban J connectivity index is 2.61. The van der Waals surface area contributed by atoms with E-state index in [1.807, 2.05) is 42.9 Å². The third-order valence-electron chi connectivity index (χ3n) is 2.18. The maximum atomic E-state index is 4.33. The molecular formula is C11H12N3+. The predicted molar refractivity (Wildman–Crippen MR) is 53.4 cm³/mol. The number of nitrogens with zero attached hydrogens (tertiary/aromatic N) is 3. The summed E-state index contributed by atoms with van der Waals surface area (Å²) in [6, 6.07) is 6.04. The average Bonchev–Trinajstić information content (AvgIpc) is 2.20. The van der Waals surface area contributed by atoms with Crippen molar-refractivity contribution in [3.63, 3.8) is 0 Å². The monoisotopic (exact) mass is 186 g/mol. The Morgan fingerprint density at radius 1 is 1.14 bits per heavy atom. The van der Waals surface area contributed by atoms with Crippen molar-refractivity contribution in [1.29, 1.82) is 0 Å². The maximum Gasteiger partial charge on any atom is 0.232 e. The van der Waals surface area contributed by atoms with Crippen LogP contribution in [0.4, 0.5) is 0 Å². The fraction of sp³-hybridized carbons (Fsp3) is 0.182. The lowest BCUT2D eigenvalue weighted by Crippen LogP contribution is -2.30. The van der Waals surface area contributed by atoms with Crippen LogP contribution in [0.5, 0.6) is 0 Å². The largest absolute Gasteiger partial charge is 0.257 e. The number of hydrogen-bond acceptors (Lipinski definition) is 2. The van der Waals surface area contributed by atoms with E-state index in [2.05, 4.69) is 9.97 Å². The molecule has 0 aliphatic carbocycles. The van der Waals surface area contributed by atoms with Gasteiger partial charge in [-0.1, -0.05) is 0 Å². The van der Waals surface area contributed by atoms with E-state index < -0.39 is 0 Å². The molecule has 2 aromatic heterocycles. The summed E-state index contributed by atoms with van der Waals surface area (Å²) in [6.07, 6.45) is 5.43. The lowest BCUT2D eigenvalue weighted by atomic mass is 10.2. The summed E-state index contributed by atoms with van der Waals surface area (Å²) in [6.45, 7) is 1.97. The molecule has 0 aliphatic rings. The van der Waals surface area contributed by atoms with Gasteiger partial charge in [-0.15, -0.1) is 0 Å². The first-order valence-corrected chi connectivity index (χ1v) is 4.51. The van der Waals surface area contributed by atoms with Crippen molar-refractivity contribution in [2.45, 2.75) is 6.92 Å². The van der Waals surface area contributed by atoms with E-state index in [1.54, 1.807) is 12.4 Å². The number of hydrogen-bond donors (Lipinski definition) is 0. The highest BCUT2D eigenvalue weighted by molar-refractivity contribution is 5.52. The van der Waals surface area contributed by atoms with Crippen molar-refractivity contribution in [3.8, 4) is 11.4 Å². The Kier molecular flexibility index (Phi) is 2.23. The van der Waals surface area contributed by atoms with Crippen LogP contribution in [0.2, 0.25) is 0 Å². The zero-order valence-electron chi connectivity index (χ0n) is 8.31. The van der Waals surface area contributed by atoms with Gasteiger partial charge in [0.05, 0.1) is 5.69 Å². The van der Waals surface area contributed by atoms with Crippen molar-refractivity contribution in [2.75, 3.05) is 0 Å². The van der Waals surface area contributed by atoms with Gasteiger partial charge in [-0.3, -0.25) is 4.98 Å². The zero-order chi connectivity index (χ0) is 9.97. The molecule has 0 aromatic carbocycles. The van der Waals surface area contributed by atoms with Crippen molar-refractivity contribution in [1.82, 2.24) is 9.97 Å². The van der Waals surface area contributed by atoms with Gasteiger partial charge in [-0.2, -0.15) is 4.57 Å². The maximum absolute atomic E-state index is 4.33. The third-order valence-corrected chi connectivity index (χ3v) is 2.18. The molecule has 2 aromatic rings. The van der Waals surface area contributed by atoms with Crippen LogP contribution in [0.1, 0.15) is 5.69 Å². The Morgan fingerprint density at radius 3 is 2.64 bits per heavy atom. The fourth-order valence-electron chi connectivity index (χ4n) is 1.43. The highest BCUT2D eigenvalue weighted by atomic mass is 14.9. The van der Waals surface area contributed by atoms with Crippen molar-refractivity contribution >= 4 is 0 Å². The van der Waals surface area contributed by atoms with E-state index in [1.165, 1.54) is 0 Å². The van der Waals surface area contributed by atoms with Gasteiger partial charge in [0, 0.05) is 24.5 Å². The minimum atomic E-state index is 0.940. The van der Waals surface area contributed by atoms with Crippen LogP contribution in [0.3, 0.4) is 0 Å². The normalized spacial score (nSPS) is 10.1. The lowest BCUT2D eigenvalue weighted by molar-refractivity contribution is -0.660. The quantitative estimate of drug-likeness (QED) is 0.628. The Morgan fingerprint density at radius 2 is 1.93 bits per heavy atom. The van der Waals surface area contributed by atoms with Gasteiger partial charge in [-0.05, 0) is 13.0 Å². The van der Waals surface area contributed by atoms with Crippen LogP contribution in [0, 0.1) is 6.92 Å². The van der Waals surface area contributed by atoms with Gasteiger partial charge in [0.1, 0.15) is 7.05 Å². The molecule has 0 N–H and O–H groups in total. The summed E-state index contributed by atoms with van der Waals surface area (Å²) in [4.78, 5) is 8.55. The molecule has 0 fully saturated rings. The van der Waals surface area contributed by atoms with E-state index in [0.29, 0.717) is 0 Å². The summed E-state index contributed by atoms with van der Waals surface area (Å²) < 4.78 is 2.04. The Bertz CT molecular complexity index is 408. The van der Waals surface area contributed by atoms with Gasteiger partial charge in [0.2, 0.25) is 5.69 Å². The van der Waals surface area contributed by atoms with E-state index in [-0.39, 0.29) is 0 Å². The molecular weight excluding hydrogens is 174 g/mol. The Hall–Kier alpha value is -1.77. The Labute approximate surface area is 83.1 Å². The number of aryl methyl sites for hydroxylation is 2. The highest BCUT2D eigenvalue weighted by Gasteiger charge is 2.12. The molecule has 3 nitrogen and oxygen atoms in total. The van der Waals surface area contributed by atoms with Crippen LogP contribution in [-0.4, -0.2) is 9.97 Å². The second-order valence-corrected chi connectivity index (χ2v) is 3.19. The molecule has 0 aliphatic heterocycles. The SMILES string of the molecule is Cc1nccnc1-c1cccc[n+]1C. The van der Waals surface area contributed by atoms with Crippen molar-refractivity contribution in [3.05, 3.63) is 42.5 Å². The molecule has 0 atom stereocenters. The molecule has 0 amide bonds. The smallest absolute Gasteiger partial charge is 0.232 e. The van der Waals surface area contributed by atoms with Crippen LogP contribution < -0.4 is 4.57 Å². The first-order chi connectivity index (χ1) is 6.79. The lowest BCUT2D eigenvalue weighted by Gasteiger charge is -2.00. The van der Waals surface area contributed by atoms with E-state index in [9.17, 15) is 0 Å². The first kappa shape index (κ1) is 8.81. The molecule has 14 heavy (non-hydrogen) atoms. The average molecular weight is 186 g/mol. The van der Waals surface area contributed by atoms with Crippen LogP contribution in [-0.2, 0) is 7.05 Å². The second kappa shape index (κ2) is 3.54. The van der Waals surface area contributed by atoms with Crippen molar-refractivity contribution in [2.24, 2.45) is 7.05 Å². The first-order valence-electron chi connectivity index (χ1n) is 4.51. The molecule has 2 heterocycles. The van der Waals surface area contributed by atoms with Gasteiger partial charge in [0.25, 0.3) is 0 Å². The van der Waals surface area contributed by atoms with Crippen molar-refractivity contribution < 1.29 is 4.57 Å². The molecule has 0 spiro atoms. The van der Waals surface area contributed by atoms with Crippen LogP contribution in [0.25, 0.3) is 11.4 Å². The number of rotatable bonds is 1. The summed E-state index contributed by atoms with van der Waals surface area (Å²) in [5.41, 5.74) is 2.98. The highest BCUT2D eigenvalue weighted by Crippen LogP contribution is 2.13. The summed E-state index contributed by atoms with van der Waals surface area (Å²) in [7, 11) is 2.00. The molecule has 3 heteroatoms. The van der Waals surface area contributed by atoms with E-state index in [4.69, 9.17) is 0 Å². The van der Waals surface area contributed by atoms with Gasteiger partial charge in [-0.25, -0.2) is 4.98 Å². The predicted octanol–water partition coefficient (Wildman–Crippen LogP) is 1.28. The number of aromatic nitrogens is 3. The third kappa shape index (κ3) is 1.48. The summed E-state index contributed by atoms with van der Waals surface area (Å²) in [5, 5.41) is 0. The van der Waals surface area contributed by atoms with Crippen LogP contribution >= 0.6 is 0 Å². The summed E-state index contributed by atoms with van der Waals surface area (Å²) >= 11 is 0. The standard InChI is InChI=1S/C11H12N3/c1-9-11(13-7-6-12-9)10-5-3-4-8-14(10)2/h3-8H,1-2H3/q+1. The van der Waals surface area contributed by atoms with Gasteiger partial charge in [0.15, 0.2) is 11.9 Å². The van der Waals surface area contributed by atoms with Crippen LogP contribution in [0.15, 0.2) is 36.8 Å². The molecule has 70 valence electrons. The van der Waals surface area contributed by atoms with Gasteiger partial charge >= 0.3 is 0 Å². The summed E-state index contributed by atoms with van der Waals surface area (Å²) in [5.74, 6) is 0. The molecule has 0 saturated carbocycles. The molecule has 0 radical (unpaired) electrons. The zero-order valence-corrected chi connectivity index (χ0v) is 8.31. The minimum absolute atomic E-state index is 0.940. The molecule has 2 rings (SSSR count). The topological polar surface area (TPSA) is 29.7 Å². The molecule has 0 unspecified atom stereocenters. The van der Waals surface area contributed by atoms with E-state index >= 15 is 0 Å². The second-order valence-electron chi connectivity index (χ2n) is 3.19.